The van der Waals surface area contributed by atoms with Gasteiger partial charge in [-0.1, -0.05) is 43.0 Å². The Bertz CT molecular complexity index is 1120. The van der Waals surface area contributed by atoms with Crippen LogP contribution < -0.4 is 20.2 Å². The summed E-state index contributed by atoms with van der Waals surface area (Å²) >= 11 is 15.4. The van der Waals surface area contributed by atoms with E-state index < -0.39 is 17.9 Å². The highest BCUT2D eigenvalue weighted by Crippen LogP contribution is 2.36. The molecule has 2 aromatic rings. The molecule has 0 spiro atoms. The molecule has 0 aliphatic rings. The van der Waals surface area contributed by atoms with Gasteiger partial charge in [-0.3, -0.25) is 9.59 Å². The first-order valence-electron chi connectivity index (χ1n) is 10.2. The first kappa shape index (κ1) is 27.5. The van der Waals surface area contributed by atoms with Crippen LogP contribution in [0.3, 0.4) is 0 Å². The minimum Gasteiger partial charge on any atom is -0.493 e. The van der Waals surface area contributed by atoms with Gasteiger partial charge in [0.05, 0.1) is 28.4 Å². The molecule has 1 atom stereocenters. The molecule has 34 heavy (non-hydrogen) atoms. The monoisotopic (exact) mass is 567 g/mol. The maximum absolute atomic E-state index is 12.8. The lowest BCUT2D eigenvalue weighted by molar-refractivity contribution is -0.123. The van der Waals surface area contributed by atoms with Crippen molar-refractivity contribution in [1.82, 2.24) is 10.7 Å². The Balaban J connectivity index is 2.13. The summed E-state index contributed by atoms with van der Waals surface area (Å²) in [7, 11) is 1.50. The molecule has 0 unspecified atom stereocenters. The number of amides is 2. The molecule has 0 heterocycles. The van der Waals surface area contributed by atoms with Gasteiger partial charge in [-0.15, -0.1) is 6.42 Å². The molecule has 0 fully saturated rings. The zero-order valence-corrected chi connectivity index (χ0v) is 21.9. The Kier molecular flexibility index (Phi) is 10.7. The number of terminal acetylenes is 1. The zero-order chi connectivity index (χ0) is 25.3. The molecule has 2 amide bonds. The number of hydrazone groups is 1. The Morgan fingerprint density at radius 3 is 2.62 bits per heavy atom. The molecule has 0 aliphatic carbocycles. The van der Waals surface area contributed by atoms with Crippen LogP contribution in [0, 0.1) is 18.3 Å². The van der Waals surface area contributed by atoms with Crippen molar-refractivity contribution in [3.63, 3.8) is 0 Å². The SMILES string of the molecule is C#CCOc1c(Br)cc(/C=N\NC(=O)[C@@H](CC(C)C)NC(=O)c2ccc(Cl)cc2Cl)cc1OC. The fourth-order valence-corrected chi connectivity index (χ4v) is 4.00. The Labute approximate surface area is 217 Å². The topological polar surface area (TPSA) is 89.0 Å². The lowest BCUT2D eigenvalue weighted by atomic mass is 10.0. The van der Waals surface area contributed by atoms with Crippen LogP contribution in [0.5, 0.6) is 11.5 Å². The minimum absolute atomic E-state index is 0.0860. The summed E-state index contributed by atoms with van der Waals surface area (Å²) < 4.78 is 11.4. The van der Waals surface area contributed by atoms with Gasteiger partial charge in [0.1, 0.15) is 12.6 Å². The molecule has 0 aliphatic heterocycles. The first-order valence-corrected chi connectivity index (χ1v) is 11.7. The van der Waals surface area contributed by atoms with Crippen molar-refractivity contribution in [2.24, 2.45) is 11.0 Å². The normalized spacial score (nSPS) is 11.7. The molecule has 0 radical (unpaired) electrons. The van der Waals surface area contributed by atoms with Gasteiger partial charge in [-0.05, 0) is 64.2 Å². The van der Waals surface area contributed by atoms with Crippen molar-refractivity contribution in [3.8, 4) is 23.8 Å². The molecule has 0 bridgehead atoms. The predicted octanol–water partition coefficient (Wildman–Crippen LogP) is 5.07. The van der Waals surface area contributed by atoms with Gasteiger partial charge in [0, 0.05) is 5.02 Å². The van der Waals surface area contributed by atoms with E-state index in [0.29, 0.717) is 33.0 Å². The Hall–Kier alpha value is -2.73. The molecule has 7 nitrogen and oxygen atoms in total. The maximum Gasteiger partial charge on any atom is 0.262 e. The second kappa shape index (κ2) is 13.2. The van der Waals surface area contributed by atoms with Crippen LogP contribution in [0.4, 0.5) is 0 Å². The van der Waals surface area contributed by atoms with Crippen molar-refractivity contribution < 1.29 is 19.1 Å². The van der Waals surface area contributed by atoms with Crippen molar-refractivity contribution in [2.75, 3.05) is 13.7 Å². The molecular formula is C24H24BrCl2N3O4. The second-order valence-electron chi connectivity index (χ2n) is 7.54. The molecule has 2 N–H and O–H groups in total. The first-order chi connectivity index (χ1) is 16.2. The van der Waals surface area contributed by atoms with Crippen LogP contribution in [0.15, 0.2) is 39.9 Å². The van der Waals surface area contributed by atoms with Crippen molar-refractivity contribution in [1.29, 1.82) is 0 Å². The molecule has 10 heteroatoms. The predicted molar refractivity (Wildman–Crippen MR) is 138 cm³/mol. The van der Waals surface area contributed by atoms with Crippen molar-refractivity contribution in [3.05, 3.63) is 56.0 Å². The summed E-state index contributed by atoms with van der Waals surface area (Å²) in [4.78, 5) is 25.5. The third kappa shape index (κ3) is 7.94. The van der Waals surface area contributed by atoms with E-state index in [2.05, 4.69) is 37.7 Å². The van der Waals surface area contributed by atoms with Gasteiger partial charge in [-0.25, -0.2) is 5.43 Å². The summed E-state index contributed by atoms with van der Waals surface area (Å²) in [6.07, 6.45) is 7.09. The van der Waals surface area contributed by atoms with Gasteiger partial charge >= 0.3 is 0 Å². The van der Waals surface area contributed by atoms with Crippen molar-refractivity contribution in [2.45, 2.75) is 26.3 Å². The summed E-state index contributed by atoms with van der Waals surface area (Å²) in [5.41, 5.74) is 3.33. The summed E-state index contributed by atoms with van der Waals surface area (Å²) in [6, 6.07) is 7.12. The molecule has 0 saturated carbocycles. The molecule has 2 aromatic carbocycles. The fourth-order valence-electron chi connectivity index (χ4n) is 2.93. The van der Waals surface area contributed by atoms with E-state index in [9.17, 15) is 9.59 Å². The number of methoxy groups -OCH3 is 1. The van der Waals surface area contributed by atoms with Crippen LogP contribution in [0.1, 0.15) is 36.2 Å². The third-order valence-electron chi connectivity index (χ3n) is 4.44. The minimum atomic E-state index is -0.822. The highest BCUT2D eigenvalue weighted by atomic mass is 79.9. The fraction of sp³-hybridized carbons (Fsp3) is 0.292. The van der Waals surface area contributed by atoms with Crippen molar-refractivity contribution >= 4 is 57.2 Å². The number of halogens is 3. The van der Waals surface area contributed by atoms with E-state index in [1.54, 1.807) is 18.2 Å². The quantitative estimate of drug-likeness (QED) is 0.238. The van der Waals surface area contributed by atoms with Crippen LogP contribution in [0.2, 0.25) is 10.0 Å². The number of carbonyl (C=O) groups excluding carboxylic acids is 2. The molecule has 0 saturated heterocycles. The van der Waals surface area contributed by atoms with Gasteiger partial charge in [-0.2, -0.15) is 5.10 Å². The van der Waals surface area contributed by atoms with Gasteiger partial charge < -0.3 is 14.8 Å². The second-order valence-corrected chi connectivity index (χ2v) is 9.24. The lowest BCUT2D eigenvalue weighted by Crippen LogP contribution is -2.46. The third-order valence-corrected chi connectivity index (χ3v) is 5.58. The smallest absolute Gasteiger partial charge is 0.262 e. The van der Waals surface area contributed by atoms with Crippen LogP contribution >= 0.6 is 39.1 Å². The average Bonchev–Trinajstić information content (AvgIpc) is 2.77. The summed E-state index contributed by atoms with van der Waals surface area (Å²) in [5.74, 6) is 2.48. The molecule has 180 valence electrons. The van der Waals surface area contributed by atoms with E-state index >= 15 is 0 Å². The number of hydrogen-bond acceptors (Lipinski definition) is 5. The van der Waals surface area contributed by atoms with E-state index in [-0.39, 0.29) is 23.1 Å². The molecule has 0 aromatic heterocycles. The Morgan fingerprint density at radius 2 is 2.00 bits per heavy atom. The number of nitrogens with zero attached hydrogens (tertiary/aromatic N) is 1. The highest BCUT2D eigenvalue weighted by Gasteiger charge is 2.23. The lowest BCUT2D eigenvalue weighted by Gasteiger charge is -2.19. The van der Waals surface area contributed by atoms with Crippen LogP contribution in [-0.4, -0.2) is 37.8 Å². The zero-order valence-electron chi connectivity index (χ0n) is 18.8. The maximum atomic E-state index is 12.8. The average molecular weight is 569 g/mol. The van der Waals surface area contributed by atoms with E-state index in [4.69, 9.17) is 39.1 Å². The van der Waals surface area contributed by atoms with E-state index in [0.717, 1.165) is 0 Å². The number of ether oxygens (including phenoxy) is 2. The standard InChI is InChI=1S/C24H24BrCl2N3O4/c1-5-8-34-22-18(25)10-15(11-21(22)33-4)13-28-30-24(32)20(9-14(2)3)29-23(31)17-7-6-16(26)12-19(17)27/h1,6-7,10-14,20H,8-9H2,2-4H3,(H,29,31)(H,30,32)/b28-13-/t20-/m1/s1. The number of rotatable bonds is 10. The highest BCUT2D eigenvalue weighted by molar-refractivity contribution is 9.10. The van der Waals surface area contributed by atoms with Crippen LogP contribution in [0.25, 0.3) is 0 Å². The van der Waals surface area contributed by atoms with Gasteiger partial charge in [0.15, 0.2) is 11.5 Å². The van der Waals surface area contributed by atoms with E-state index in [1.807, 2.05) is 13.8 Å². The molecule has 2 rings (SSSR count). The molecular weight excluding hydrogens is 545 g/mol. The number of benzene rings is 2. The summed E-state index contributed by atoms with van der Waals surface area (Å²) in [5, 5.41) is 7.34. The number of hydrogen-bond donors (Lipinski definition) is 2. The number of nitrogens with one attached hydrogen (secondary N) is 2. The van der Waals surface area contributed by atoms with E-state index in [1.165, 1.54) is 25.5 Å². The largest absolute Gasteiger partial charge is 0.493 e. The summed E-state index contributed by atoms with van der Waals surface area (Å²) in [6.45, 7) is 3.97. The van der Waals surface area contributed by atoms with Gasteiger partial charge in [0.25, 0.3) is 11.8 Å². The van der Waals surface area contributed by atoms with Gasteiger partial charge in [0.2, 0.25) is 0 Å². The Morgan fingerprint density at radius 1 is 1.26 bits per heavy atom. The number of carbonyl (C=O) groups is 2. The van der Waals surface area contributed by atoms with Crippen LogP contribution in [-0.2, 0) is 4.79 Å².